The minimum atomic E-state index is 0.181. The molecule has 1 heterocycles. The number of nitrogens with zero attached hydrogens (tertiary/aromatic N) is 2. The van der Waals surface area contributed by atoms with E-state index in [1.54, 1.807) is 0 Å². The first-order chi connectivity index (χ1) is 9.09. The van der Waals surface area contributed by atoms with Crippen molar-refractivity contribution < 1.29 is 0 Å². The predicted octanol–water partition coefficient (Wildman–Crippen LogP) is 3.64. The highest BCUT2D eigenvalue weighted by atomic mass is 35.5. The molecule has 3 nitrogen and oxygen atoms in total. The first-order valence-electron chi connectivity index (χ1n) is 6.58. The van der Waals surface area contributed by atoms with Crippen molar-refractivity contribution in [3.63, 3.8) is 0 Å². The average molecular weight is 278 g/mol. The van der Waals surface area contributed by atoms with Crippen LogP contribution >= 0.6 is 11.6 Å². The number of benzene rings is 1. The molecule has 0 saturated carbocycles. The van der Waals surface area contributed by atoms with Crippen molar-refractivity contribution in [3.8, 4) is 0 Å². The Morgan fingerprint density at radius 3 is 2.68 bits per heavy atom. The largest absolute Gasteiger partial charge is 0.326 e. The van der Waals surface area contributed by atoms with Gasteiger partial charge < -0.3 is 9.88 Å². The fraction of sp³-hybridized carbons (Fsp3) is 0.400. The lowest BCUT2D eigenvalue weighted by molar-refractivity contribution is 0.539. The number of nitrogens with one attached hydrogen (secondary N) is 1. The SMILES string of the molecule is CC(C)NCc1cncn1C(C)c1ccccc1Cl. The van der Waals surface area contributed by atoms with Gasteiger partial charge in [0.05, 0.1) is 18.1 Å². The zero-order chi connectivity index (χ0) is 13.8. The number of aromatic nitrogens is 2. The third kappa shape index (κ3) is 3.37. The van der Waals surface area contributed by atoms with Gasteiger partial charge in [-0.1, -0.05) is 43.6 Å². The van der Waals surface area contributed by atoms with E-state index in [4.69, 9.17) is 11.6 Å². The van der Waals surface area contributed by atoms with Gasteiger partial charge in [-0.15, -0.1) is 0 Å². The summed E-state index contributed by atoms with van der Waals surface area (Å²) in [6.45, 7) is 7.23. The van der Waals surface area contributed by atoms with E-state index in [0.717, 1.165) is 17.1 Å². The fourth-order valence-corrected chi connectivity index (χ4v) is 2.38. The quantitative estimate of drug-likeness (QED) is 0.904. The molecule has 0 saturated heterocycles. The summed E-state index contributed by atoms with van der Waals surface area (Å²) in [6, 6.07) is 8.59. The normalized spacial score (nSPS) is 12.9. The summed E-state index contributed by atoms with van der Waals surface area (Å²) in [5.41, 5.74) is 2.29. The zero-order valence-corrected chi connectivity index (χ0v) is 12.4. The van der Waals surface area contributed by atoms with Gasteiger partial charge in [0.25, 0.3) is 0 Å². The molecular formula is C15H20ClN3. The van der Waals surface area contributed by atoms with Crippen molar-refractivity contribution in [2.24, 2.45) is 0 Å². The second kappa shape index (κ2) is 6.22. The molecule has 102 valence electrons. The van der Waals surface area contributed by atoms with E-state index in [1.165, 1.54) is 5.69 Å². The Morgan fingerprint density at radius 2 is 2.00 bits per heavy atom. The Bertz CT molecular complexity index is 534. The fourth-order valence-electron chi connectivity index (χ4n) is 2.09. The minimum Gasteiger partial charge on any atom is -0.326 e. The summed E-state index contributed by atoms with van der Waals surface area (Å²) in [5.74, 6) is 0. The molecule has 0 aliphatic carbocycles. The van der Waals surface area contributed by atoms with E-state index < -0.39 is 0 Å². The molecule has 1 aromatic carbocycles. The third-order valence-electron chi connectivity index (χ3n) is 3.21. The van der Waals surface area contributed by atoms with Crippen LogP contribution in [0.2, 0.25) is 5.02 Å². The highest BCUT2D eigenvalue weighted by molar-refractivity contribution is 6.31. The van der Waals surface area contributed by atoms with E-state index in [2.05, 4.69) is 41.7 Å². The Hall–Kier alpha value is -1.32. The molecule has 0 aliphatic rings. The van der Waals surface area contributed by atoms with Gasteiger partial charge in [-0.3, -0.25) is 0 Å². The van der Waals surface area contributed by atoms with Gasteiger partial charge in [0, 0.05) is 23.8 Å². The summed E-state index contributed by atoms with van der Waals surface area (Å²) in [6.07, 6.45) is 3.77. The van der Waals surface area contributed by atoms with Crippen LogP contribution in [0, 0.1) is 0 Å². The predicted molar refractivity (Wildman–Crippen MR) is 79.5 cm³/mol. The van der Waals surface area contributed by atoms with Crippen LogP contribution in [0.4, 0.5) is 0 Å². The van der Waals surface area contributed by atoms with Crippen LogP contribution in [0.3, 0.4) is 0 Å². The van der Waals surface area contributed by atoms with Gasteiger partial charge >= 0.3 is 0 Å². The maximum atomic E-state index is 6.27. The topological polar surface area (TPSA) is 29.9 Å². The molecule has 0 bridgehead atoms. The maximum absolute atomic E-state index is 6.27. The van der Waals surface area contributed by atoms with Crippen molar-refractivity contribution in [1.82, 2.24) is 14.9 Å². The highest BCUT2D eigenvalue weighted by Crippen LogP contribution is 2.26. The highest BCUT2D eigenvalue weighted by Gasteiger charge is 2.14. The molecule has 0 fully saturated rings. The lowest BCUT2D eigenvalue weighted by atomic mass is 10.1. The van der Waals surface area contributed by atoms with Crippen LogP contribution in [0.5, 0.6) is 0 Å². The molecule has 0 amide bonds. The molecule has 4 heteroatoms. The van der Waals surface area contributed by atoms with E-state index in [-0.39, 0.29) is 6.04 Å². The van der Waals surface area contributed by atoms with Gasteiger partial charge in [-0.05, 0) is 18.6 Å². The number of halogens is 1. The van der Waals surface area contributed by atoms with Gasteiger partial charge in [0.15, 0.2) is 0 Å². The molecule has 2 aromatic rings. The van der Waals surface area contributed by atoms with Crippen LogP contribution in [0.15, 0.2) is 36.8 Å². The zero-order valence-electron chi connectivity index (χ0n) is 11.6. The van der Waals surface area contributed by atoms with Gasteiger partial charge in [0.2, 0.25) is 0 Å². The Labute approximate surface area is 119 Å². The number of rotatable bonds is 5. The minimum absolute atomic E-state index is 0.181. The van der Waals surface area contributed by atoms with Crippen LogP contribution in [-0.2, 0) is 6.54 Å². The van der Waals surface area contributed by atoms with Gasteiger partial charge in [0.1, 0.15) is 0 Å². The van der Waals surface area contributed by atoms with Crippen molar-refractivity contribution in [1.29, 1.82) is 0 Å². The van der Waals surface area contributed by atoms with Crippen molar-refractivity contribution in [2.75, 3.05) is 0 Å². The standard InChI is InChI=1S/C15H20ClN3/c1-11(2)18-9-13-8-17-10-19(13)12(3)14-6-4-5-7-15(14)16/h4-8,10-12,18H,9H2,1-3H3. The van der Waals surface area contributed by atoms with Crippen LogP contribution in [0.25, 0.3) is 0 Å². The van der Waals surface area contributed by atoms with Crippen LogP contribution in [-0.4, -0.2) is 15.6 Å². The number of hydrogen-bond acceptors (Lipinski definition) is 2. The van der Waals surface area contributed by atoms with E-state index in [0.29, 0.717) is 6.04 Å². The average Bonchev–Trinajstić information content (AvgIpc) is 2.84. The lowest BCUT2D eigenvalue weighted by Gasteiger charge is -2.19. The van der Waals surface area contributed by atoms with Crippen LogP contribution in [0.1, 0.15) is 38.1 Å². The summed E-state index contributed by atoms with van der Waals surface area (Å²) in [5, 5.41) is 4.21. The Kier molecular flexibility index (Phi) is 4.61. The van der Waals surface area contributed by atoms with E-state index in [1.807, 2.05) is 30.7 Å². The summed E-state index contributed by atoms with van der Waals surface area (Å²) >= 11 is 6.27. The Balaban J connectivity index is 2.22. The van der Waals surface area contributed by atoms with Gasteiger partial charge in [-0.25, -0.2) is 4.98 Å². The number of hydrogen-bond donors (Lipinski definition) is 1. The molecular weight excluding hydrogens is 258 g/mol. The smallest absolute Gasteiger partial charge is 0.0954 e. The molecule has 1 unspecified atom stereocenters. The van der Waals surface area contributed by atoms with Crippen molar-refractivity contribution in [3.05, 3.63) is 53.1 Å². The lowest BCUT2D eigenvalue weighted by Crippen LogP contribution is -2.24. The number of imidazole rings is 1. The second-order valence-electron chi connectivity index (χ2n) is 5.03. The molecule has 0 radical (unpaired) electrons. The monoisotopic (exact) mass is 277 g/mol. The first kappa shape index (κ1) is 14.1. The van der Waals surface area contributed by atoms with Crippen molar-refractivity contribution in [2.45, 2.75) is 39.4 Å². The molecule has 1 aromatic heterocycles. The maximum Gasteiger partial charge on any atom is 0.0954 e. The second-order valence-corrected chi connectivity index (χ2v) is 5.43. The van der Waals surface area contributed by atoms with Crippen LogP contribution < -0.4 is 5.32 Å². The first-order valence-corrected chi connectivity index (χ1v) is 6.96. The summed E-state index contributed by atoms with van der Waals surface area (Å²) in [4.78, 5) is 4.26. The molecule has 0 aliphatic heterocycles. The van der Waals surface area contributed by atoms with E-state index in [9.17, 15) is 0 Å². The molecule has 1 N–H and O–H groups in total. The third-order valence-corrected chi connectivity index (χ3v) is 3.55. The molecule has 1 atom stereocenters. The molecule has 2 rings (SSSR count). The molecule has 0 spiro atoms. The van der Waals surface area contributed by atoms with Gasteiger partial charge in [-0.2, -0.15) is 0 Å². The Morgan fingerprint density at radius 1 is 1.26 bits per heavy atom. The van der Waals surface area contributed by atoms with E-state index >= 15 is 0 Å². The summed E-state index contributed by atoms with van der Waals surface area (Å²) in [7, 11) is 0. The van der Waals surface area contributed by atoms with Crippen molar-refractivity contribution >= 4 is 11.6 Å². The molecule has 19 heavy (non-hydrogen) atoms. The summed E-state index contributed by atoms with van der Waals surface area (Å²) < 4.78 is 2.16.